The molecular formula is C11H16O2S. The molecular weight excluding hydrogens is 196 g/mol. The Morgan fingerprint density at radius 3 is 3.21 bits per heavy atom. The van der Waals surface area contributed by atoms with E-state index in [0.717, 1.165) is 32.5 Å². The van der Waals surface area contributed by atoms with Gasteiger partial charge in [0, 0.05) is 23.8 Å². The minimum Gasteiger partial charge on any atom is -0.392 e. The van der Waals surface area contributed by atoms with Crippen molar-refractivity contribution in [1.82, 2.24) is 0 Å². The number of hydrogen-bond donors (Lipinski definition) is 1. The summed E-state index contributed by atoms with van der Waals surface area (Å²) >= 11 is 1.71. The molecule has 0 aromatic carbocycles. The van der Waals surface area contributed by atoms with E-state index >= 15 is 0 Å². The molecule has 3 heteroatoms. The fourth-order valence-corrected chi connectivity index (χ4v) is 2.63. The summed E-state index contributed by atoms with van der Waals surface area (Å²) in [4.78, 5) is 1.27. The monoisotopic (exact) mass is 212 g/mol. The van der Waals surface area contributed by atoms with Crippen LogP contribution in [0.5, 0.6) is 0 Å². The molecule has 1 aromatic rings. The smallest absolute Gasteiger partial charge is 0.0638 e. The Balaban J connectivity index is 1.85. The van der Waals surface area contributed by atoms with Gasteiger partial charge < -0.3 is 9.84 Å². The molecule has 14 heavy (non-hydrogen) atoms. The van der Waals surface area contributed by atoms with Crippen LogP contribution in [0.1, 0.15) is 17.7 Å². The van der Waals surface area contributed by atoms with Crippen LogP contribution in [0.2, 0.25) is 0 Å². The average Bonchev–Trinajstić information content (AvgIpc) is 2.72. The zero-order valence-electron chi connectivity index (χ0n) is 8.19. The Kier molecular flexibility index (Phi) is 3.56. The summed E-state index contributed by atoms with van der Waals surface area (Å²) in [5.41, 5.74) is 0. The van der Waals surface area contributed by atoms with Gasteiger partial charge in [0.25, 0.3) is 0 Å². The number of aliphatic hydroxyl groups is 1. The van der Waals surface area contributed by atoms with Gasteiger partial charge in [0.05, 0.1) is 12.7 Å². The molecule has 0 bridgehead atoms. The predicted octanol–water partition coefficient (Wildman–Crippen LogP) is 2.08. The van der Waals surface area contributed by atoms with E-state index in [1.165, 1.54) is 4.88 Å². The lowest BCUT2D eigenvalue weighted by atomic mass is 9.93. The summed E-state index contributed by atoms with van der Waals surface area (Å²) in [6, 6.07) is 4.11. The third-order valence-corrected chi connectivity index (χ3v) is 3.63. The van der Waals surface area contributed by atoms with Gasteiger partial charge in [-0.25, -0.2) is 0 Å². The second kappa shape index (κ2) is 4.91. The van der Waals surface area contributed by atoms with Crippen molar-refractivity contribution in [2.45, 2.75) is 25.4 Å². The molecule has 2 nitrogen and oxygen atoms in total. The van der Waals surface area contributed by atoms with Gasteiger partial charge in [-0.2, -0.15) is 0 Å². The van der Waals surface area contributed by atoms with Crippen molar-refractivity contribution in [3.05, 3.63) is 22.4 Å². The minimum absolute atomic E-state index is 0.228. The lowest BCUT2D eigenvalue weighted by Crippen LogP contribution is -2.30. The maximum atomic E-state index is 9.97. The highest BCUT2D eigenvalue weighted by Crippen LogP contribution is 2.21. The molecule has 2 heterocycles. The van der Waals surface area contributed by atoms with E-state index in [1.807, 2.05) is 6.07 Å². The molecule has 1 aliphatic rings. The number of ether oxygens (including phenoxy) is 1. The van der Waals surface area contributed by atoms with E-state index in [4.69, 9.17) is 4.74 Å². The zero-order chi connectivity index (χ0) is 9.80. The van der Waals surface area contributed by atoms with Crippen LogP contribution in [0, 0.1) is 5.92 Å². The predicted molar refractivity (Wildman–Crippen MR) is 57.6 cm³/mol. The first-order valence-corrected chi connectivity index (χ1v) is 6.02. The van der Waals surface area contributed by atoms with E-state index < -0.39 is 0 Å². The fourth-order valence-electron chi connectivity index (χ4n) is 1.87. The van der Waals surface area contributed by atoms with Crippen molar-refractivity contribution in [2.75, 3.05) is 13.2 Å². The van der Waals surface area contributed by atoms with E-state index in [-0.39, 0.29) is 6.10 Å². The Morgan fingerprint density at radius 1 is 1.64 bits per heavy atom. The van der Waals surface area contributed by atoms with Crippen LogP contribution in [-0.4, -0.2) is 24.4 Å². The van der Waals surface area contributed by atoms with Crippen molar-refractivity contribution in [3.63, 3.8) is 0 Å². The van der Waals surface area contributed by atoms with Gasteiger partial charge in [-0.1, -0.05) is 6.07 Å². The van der Waals surface area contributed by atoms with Gasteiger partial charge in [0.2, 0.25) is 0 Å². The molecule has 1 aromatic heterocycles. The SMILES string of the molecule is OC(Cc1cccs1)C1CCCOC1. The summed E-state index contributed by atoms with van der Waals surface area (Å²) in [5, 5.41) is 12.0. The Morgan fingerprint density at radius 2 is 2.57 bits per heavy atom. The van der Waals surface area contributed by atoms with Crippen molar-refractivity contribution in [1.29, 1.82) is 0 Å². The summed E-state index contributed by atoms with van der Waals surface area (Å²) in [5.74, 6) is 0.339. The van der Waals surface area contributed by atoms with Crippen LogP contribution in [0.15, 0.2) is 17.5 Å². The minimum atomic E-state index is -0.228. The third-order valence-electron chi connectivity index (χ3n) is 2.73. The zero-order valence-corrected chi connectivity index (χ0v) is 9.00. The molecule has 0 amide bonds. The van der Waals surface area contributed by atoms with Crippen molar-refractivity contribution in [3.8, 4) is 0 Å². The van der Waals surface area contributed by atoms with Crippen LogP contribution >= 0.6 is 11.3 Å². The van der Waals surface area contributed by atoms with Crippen LogP contribution in [-0.2, 0) is 11.2 Å². The Bertz CT molecular complexity index is 252. The quantitative estimate of drug-likeness (QED) is 0.831. The van der Waals surface area contributed by atoms with Crippen molar-refractivity contribution in [2.24, 2.45) is 5.92 Å². The van der Waals surface area contributed by atoms with Crippen molar-refractivity contribution < 1.29 is 9.84 Å². The lowest BCUT2D eigenvalue weighted by molar-refractivity contribution is -0.00820. The first-order chi connectivity index (χ1) is 6.86. The molecule has 0 radical (unpaired) electrons. The first-order valence-electron chi connectivity index (χ1n) is 5.14. The van der Waals surface area contributed by atoms with Gasteiger partial charge in [-0.05, 0) is 24.3 Å². The molecule has 1 saturated heterocycles. The van der Waals surface area contributed by atoms with Gasteiger partial charge in [-0.15, -0.1) is 11.3 Å². The second-order valence-corrected chi connectivity index (χ2v) is 4.86. The molecule has 2 rings (SSSR count). The maximum Gasteiger partial charge on any atom is 0.0638 e. The molecule has 0 saturated carbocycles. The highest BCUT2D eigenvalue weighted by Gasteiger charge is 2.22. The summed E-state index contributed by atoms with van der Waals surface area (Å²) in [6.45, 7) is 1.59. The van der Waals surface area contributed by atoms with Gasteiger partial charge in [-0.3, -0.25) is 0 Å². The van der Waals surface area contributed by atoms with Gasteiger partial charge >= 0.3 is 0 Å². The molecule has 78 valence electrons. The average molecular weight is 212 g/mol. The van der Waals surface area contributed by atoms with E-state index in [0.29, 0.717) is 5.92 Å². The summed E-state index contributed by atoms with van der Waals surface area (Å²) < 4.78 is 5.37. The Hall–Kier alpha value is -0.380. The molecule has 0 spiro atoms. The standard InChI is InChI=1S/C11H16O2S/c12-11(7-10-4-2-6-14-10)9-3-1-5-13-8-9/h2,4,6,9,11-12H,1,3,5,7-8H2. The van der Waals surface area contributed by atoms with E-state index in [1.54, 1.807) is 11.3 Å². The summed E-state index contributed by atoms with van der Waals surface area (Å²) in [7, 11) is 0. The van der Waals surface area contributed by atoms with Gasteiger partial charge in [0.15, 0.2) is 0 Å². The number of hydrogen-bond acceptors (Lipinski definition) is 3. The molecule has 2 atom stereocenters. The largest absolute Gasteiger partial charge is 0.392 e. The third kappa shape index (κ3) is 2.56. The van der Waals surface area contributed by atoms with Gasteiger partial charge in [0.1, 0.15) is 0 Å². The highest BCUT2D eigenvalue weighted by molar-refractivity contribution is 7.09. The lowest BCUT2D eigenvalue weighted by Gasteiger charge is -2.26. The fraction of sp³-hybridized carbons (Fsp3) is 0.636. The number of aliphatic hydroxyl groups excluding tert-OH is 1. The van der Waals surface area contributed by atoms with E-state index in [2.05, 4.69) is 11.4 Å². The number of rotatable bonds is 3. The van der Waals surface area contributed by atoms with E-state index in [9.17, 15) is 5.11 Å². The molecule has 1 N–H and O–H groups in total. The number of thiophene rings is 1. The molecule has 0 aliphatic carbocycles. The molecule has 2 unspecified atom stereocenters. The topological polar surface area (TPSA) is 29.5 Å². The molecule has 1 fully saturated rings. The van der Waals surface area contributed by atoms with Crippen LogP contribution in [0.25, 0.3) is 0 Å². The van der Waals surface area contributed by atoms with Crippen LogP contribution in [0.4, 0.5) is 0 Å². The summed E-state index contributed by atoms with van der Waals surface area (Å²) in [6.07, 6.45) is 2.75. The molecule has 1 aliphatic heterocycles. The van der Waals surface area contributed by atoms with Crippen LogP contribution in [0.3, 0.4) is 0 Å². The maximum absolute atomic E-state index is 9.97. The second-order valence-electron chi connectivity index (χ2n) is 3.83. The normalized spacial score (nSPS) is 24.8. The first kappa shape index (κ1) is 10.1. The highest BCUT2D eigenvalue weighted by atomic mass is 32.1. The Labute approximate surface area is 88.5 Å². The van der Waals surface area contributed by atoms with Crippen LogP contribution < -0.4 is 0 Å². The van der Waals surface area contributed by atoms with Crippen molar-refractivity contribution >= 4 is 11.3 Å².